The van der Waals surface area contributed by atoms with Crippen LogP contribution in [0, 0.1) is 0 Å². The SMILES string of the molecule is O=C1COc2ccccc2CN1CCNS(=O)(=O)c1ccc(Br)cc1. The van der Waals surface area contributed by atoms with Gasteiger partial charge >= 0.3 is 0 Å². The Morgan fingerprint density at radius 1 is 1.12 bits per heavy atom. The highest BCUT2D eigenvalue weighted by molar-refractivity contribution is 9.10. The summed E-state index contributed by atoms with van der Waals surface area (Å²) in [7, 11) is -3.61. The maximum atomic E-state index is 12.3. The van der Waals surface area contributed by atoms with Gasteiger partial charge in [-0.2, -0.15) is 0 Å². The van der Waals surface area contributed by atoms with Gasteiger partial charge < -0.3 is 9.64 Å². The summed E-state index contributed by atoms with van der Waals surface area (Å²) >= 11 is 3.27. The topological polar surface area (TPSA) is 75.7 Å². The van der Waals surface area contributed by atoms with E-state index in [0.29, 0.717) is 12.3 Å². The molecule has 0 fully saturated rings. The zero-order valence-electron chi connectivity index (χ0n) is 13.3. The number of hydrogen-bond donors (Lipinski definition) is 1. The number of nitrogens with zero attached hydrogens (tertiary/aromatic N) is 1. The van der Waals surface area contributed by atoms with Crippen LogP contribution in [0.3, 0.4) is 0 Å². The van der Waals surface area contributed by atoms with Crippen molar-refractivity contribution < 1.29 is 17.9 Å². The first-order valence-electron chi connectivity index (χ1n) is 7.69. The van der Waals surface area contributed by atoms with Crippen LogP contribution in [0.2, 0.25) is 0 Å². The Morgan fingerprint density at radius 3 is 2.60 bits per heavy atom. The van der Waals surface area contributed by atoms with Crippen LogP contribution >= 0.6 is 15.9 Å². The molecule has 2 aromatic rings. The number of carbonyl (C=O) groups is 1. The van der Waals surface area contributed by atoms with Crippen molar-refractivity contribution in [3.05, 3.63) is 58.6 Å². The fourth-order valence-corrected chi connectivity index (χ4v) is 3.80. The van der Waals surface area contributed by atoms with Gasteiger partial charge in [-0.25, -0.2) is 13.1 Å². The summed E-state index contributed by atoms with van der Waals surface area (Å²) in [5.74, 6) is 0.521. The van der Waals surface area contributed by atoms with Gasteiger partial charge in [0.15, 0.2) is 6.61 Å². The number of para-hydroxylation sites is 1. The van der Waals surface area contributed by atoms with Gasteiger partial charge in [0.25, 0.3) is 5.91 Å². The molecule has 2 aromatic carbocycles. The van der Waals surface area contributed by atoms with Crippen LogP contribution in [0.15, 0.2) is 57.9 Å². The van der Waals surface area contributed by atoms with Crippen molar-refractivity contribution in [2.75, 3.05) is 19.7 Å². The smallest absolute Gasteiger partial charge is 0.260 e. The number of ether oxygens (including phenoxy) is 1. The van der Waals surface area contributed by atoms with Crippen LogP contribution in [0.25, 0.3) is 0 Å². The van der Waals surface area contributed by atoms with Crippen molar-refractivity contribution in [3.63, 3.8) is 0 Å². The maximum Gasteiger partial charge on any atom is 0.260 e. The molecule has 132 valence electrons. The molecule has 0 aliphatic carbocycles. The third kappa shape index (κ3) is 4.39. The third-order valence-electron chi connectivity index (χ3n) is 3.84. The van der Waals surface area contributed by atoms with E-state index in [-0.39, 0.29) is 30.5 Å². The van der Waals surface area contributed by atoms with Gasteiger partial charge in [-0.3, -0.25) is 4.79 Å². The van der Waals surface area contributed by atoms with E-state index in [1.807, 2.05) is 24.3 Å². The molecule has 0 radical (unpaired) electrons. The van der Waals surface area contributed by atoms with Gasteiger partial charge in [0, 0.05) is 29.7 Å². The Labute approximate surface area is 155 Å². The van der Waals surface area contributed by atoms with E-state index in [0.717, 1.165) is 10.0 Å². The van der Waals surface area contributed by atoms with Crippen LogP contribution < -0.4 is 9.46 Å². The maximum absolute atomic E-state index is 12.3. The number of benzene rings is 2. The largest absolute Gasteiger partial charge is 0.483 e. The fraction of sp³-hybridized carbons (Fsp3) is 0.235. The standard InChI is InChI=1S/C17H17BrN2O4S/c18-14-5-7-15(8-6-14)25(22,23)19-9-10-20-11-13-3-1-2-4-16(13)24-12-17(20)21/h1-8,19H,9-12H2. The average Bonchev–Trinajstić information content (AvgIpc) is 2.75. The number of hydrogen-bond acceptors (Lipinski definition) is 4. The van der Waals surface area contributed by atoms with E-state index < -0.39 is 10.0 Å². The minimum atomic E-state index is -3.61. The van der Waals surface area contributed by atoms with Crippen molar-refractivity contribution in [2.24, 2.45) is 0 Å². The molecule has 0 bridgehead atoms. The van der Waals surface area contributed by atoms with Crippen LogP contribution in [0.5, 0.6) is 5.75 Å². The molecule has 3 rings (SSSR count). The molecule has 6 nitrogen and oxygen atoms in total. The predicted octanol–water partition coefficient (Wildman–Crippen LogP) is 2.15. The van der Waals surface area contributed by atoms with Crippen molar-refractivity contribution in [1.82, 2.24) is 9.62 Å². The molecule has 25 heavy (non-hydrogen) atoms. The lowest BCUT2D eigenvalue weighted by Crippen LogP contribution is -2.39. The first-order valence-corrected chi connectivity index (χ1v) is 9.97. The number of halogens is 1. The van der Waals surface area contributed by atoms with E-state index in [9.17, 15) is 13.2 Å². The molecule has 0 atom stereocenters. The third-order valence-corrected chi connectivity index (χ3v) is 5.84. The quantitative estimate of drug-likeness (QED) is 0.797. The summed E-state index contributed by atoms with van der Waals surface area (Å²) in [5, 5.41) is 0. The van der Waals surface area contributed by atoms with Crippen molar-refractivity contribution in [1.29, 1.82) is 0 Å². The van der Waals surface area contributed by atoms with Crippen molar-refractivity contribution >= 4 is 31.9 Å². The van der Waals surface area contributed by atoms with Gasteiger partial charge in [0.2, 0.25) is 10.0 Å². The Balaban J connectivity index is 1.63. The predicted molar refractivity (Wildman–Crippen MR) is 96.7 cm³/mol. The molecule has 0 spiro atoms. The van der Waals surface area contributed by atoms with Crippen molar-refractivity contribution in [3.8, 4) is 5.75 Å². The Hall–Kier alpha value is -1.90. The molecule has 1 heterocycles. The lowest BCUT2D eigenvalue weighted by molar-refractivity contribution is -0.133. The fourth-order valence-electron chi connectivity index (χ4n) is 2.52. The summed E-state index contributed by atoms with van der Waals surface area (Å²) in [6, 6.07) is 13.8. The molecule has 1 N–H and O–H groups in total. The monoisotopic (exact) mass is 424 g/mol. The molecule has 1 aliphatic heterocycles. The van der Waals surface area contributed by atoms with Gasteiger partial charge in [0.1, 0.15) is 5.75 Å². The summed E-state index contributed by atoms with van der Waals surface area (Å²) in [6.07, 6.45) is 0. The van der Waals surface area contributed by atoms with Crippen LogP contribution in [0.4, 0.5) is 0 Å². The Bertz CT molecular complexity index is 868. The molecule has 1 aliphatic rings. The molecule has 0 unspecified atom stereocenters. The van der Waals surface area contributed by atoms with Gasteiger partial charge in [-0.15, -0.1) is 0 Å². The van der Waals surface area contributed by atoms with E-state index in [1.165, 1.54) is 12.1 Å². The number of sulfonamides is 1. The minimum Gasteiger partial charge on any atom is -0.483 e. The average molecular weight is 425 g/mol. The van der Waals surface area contributed by atoms with Crippen LogP contribution in [0.1, 0.15) is 5.56 Å². The highest BCUT2D eigenvalue weighted by Gasteiger charge is 2.22. The summed E-state index contributed by atoms with van der Waals surface area (Å²) < 4.78 is 33.4. The van der Waals surface area contributed by atoms with Crippen LogP contribution in [-0.2, 0) is 21.4 Å². The highest BCUT2D eigenvalue weighted by Crippen LogP contribution is 2.22. The second-order valence-corrected chi connectivity index (χ2v) is 8.25. The van der Waals surface area contributed by atoms with E-state index in [2.05, 4.69) is 20.7 Å². The summed E-state index contributed by atoms with van der Waals surface area (Å²) in [6.45, 7) is 0.754. The Kier molecular flexibility index (Phi) is 5.41. The lowest BCUT2D eigenvalue weighted by Gasteiger charge is -2.20. The van der Waals surface area contributed by atoms with E-state index in [1.54, 1.807) is 17.0 Å². The van der Waals surface area contributed by atoms with Gasteiger partial charge in [0.05, 0.1) is 4.90 Å². The molecule has 8 heteroatoms. The van der Waals surface area contributed by atoms with Crippen LogP contribution in [-0.4, -0.2) is 38.9 Å². The minimum absolute atomic E-state index is 0.0452. The molecule has 0 aromatic heterocycles. The van der Waals surface area contributed by atoms with E-state index >= 15 is 0 Å². The van der Waals surface area contributed by atoms with E-state index in [4.69, 9.17) is 4.74 Å². The number of rotatable bonds is 5. The van der Waals surface area contributed by atoms with Crippen molar-refractivity contribution in [2.45, 2.75) is 11.4 Å². The first kappa shape index (κ1) is 17.9. The number of fused-ring (bicyclic) bond motifs is 1. The first-order chi connectivity index (χ1) is 12.0. The number of carbonyl (C=O) groups excluding carboxylic acids is 1. The Morgan fingerprint density at radius 2 is 1.84 bits per heavy atom. The van der Waals surface area contributed by atoms with Gasteiger partial charge in [-0.05, 0) is 30.3 Å². The summed E-state index contributed by atoms with van der Waals surface area (Å²) in [5.41, 5.74) is 0.907. The number of nitrogens with one attached hydrogen (secondary N) is 1. The molecule has 0 saturated carbocycles. The zero-order chi connectivity index (χ0) is 17.9. The second-order valence-electron chi connectivity index (χ2n) is 5.56. The lowest BCUT2D eigenvalue weighted by atomic mass is 10.2. The molecular formula is C17H17BrN2O4S. The number of amides is 1. The molecule has 0 saturated heterocycles. The van der Waals surface area contributed by atoms with Gasteiger partial charge in [-0.1, -0.05) is 34.1 Å². The highest BCUT2D eigenvalue weighted by atomic mass is 79.9. The zero-order valence-corrected chi connectivity index (χ0v) is 15.7. The second kappa shape index (κ2) is 7.55. The summed E-state index contributed by atoms with van der Waals surface area (Å²) in [4.78, 5) is 13.9. The molecular weight excluding hydrogens is 408 g/mol. The molecule has 1 amide bonds. The normalized spacial score (nSPS) is 14.6.